The maximum atomic E-state index is 15.0. The summed E-state index contributed by atoms with van der Waals surface area (Å²) in [5.74, 6) is 0.0983. The van der Waals surface area contributed by atoms with Crippen LogP contribution in [0.4, 0.5) is 10.1 Å². The summed E-state index contributed by atoms with van der Waals surface area (Å²) in [7, 11) is 3.54. The van der Waals surface area contributed by atoms with Gasteiger partial charge >= 0.3 is 0 Å². The molecule has 2 aromatic carbocycles. The highest BCUT2D eigenvalue weighted by molar-refractivity contribution is 6.30. The fourth-order valence-electron chi connectivity index (χ4n) is 4.28. The minimum absolute atomic E-state index is 0.141. The van der Waals surface area contributed by atoms with Crippen LogP contribution in [-0.4, -0.2) is 39.0 Å². The second-order valence-electron chi connectivity index (χ2n) is 8.29. The first-order valence-corrected chi connectivity index (χ1v) is 11.0. The van der Waals surface area contributed by atoms with Crippen molar-refractivity contribution in [3.05, 3.63) is 75.3 Å². The molecule has 2 aromatic heterocycles. The number of nitrogens with zero attached hydrogens (tertiary/aromatic N) is 5. The van der Waals surface area contributed by atoms with Gasteiger partial charge in [-0.2, -0.15) is 5.10 Å². The van der Waals surface area contributed by atoms with E-state index in [1.54, 1.807) is 37.0 Å². The van der Waals surface area contributed by atoms with Crippen LogP contribution >= 0.6 is 11.6 Å². The molecule has 0 aliphatic carbocycles. The first kappa shape index (κ1) is 21.6. The van der Waals surface area contributed by atoms with Gasteiger partial charge in [0.05, 0.1) is 23.7 Å². The van der Waals surface area contributed by atoms with Crippen molar-refractivity contribution in [3.63, 3.8) is 0 Å². The van der Waals surface area contributed by atoms with Crippen LogP contribution in [-0.2, 0) is 18.8 Å². The fourth-order valence-corrected chi connectivity index (χ4v) is 4.44. The molecule has 3 heterocycles. The van der Waals surface area contributed by atoms with Crippen LogP contribution in [0.1, 0.15) is 17.5 Å². The van der Waals surface area contributed by atoms with Crippen LogP contribution in [0, 0.1) is 12.7 Å². The lowest BCUT2D eigenvalue weighted by molar-refractivity contribution is 0.0397. The summed E-state index contributed by atoms with van der Waals surface area (Å²) in [6, 6.07) is 8.24. The van der Waals surface area contributed by atoms with E-state index in [1.807, 2.05) is 25.4 Å². The van der Waals surface area contributed by atoms with E-state index in [9.17, 15) is 9.18 Å². The highest BCUT2D eigenvalue weighted by atomic mass is 35.5. The lowest BCUT2D eigenvalue weighted by Crippen LogP contribution is -2.38. The van der Waals surface area contributed by atoms with E-state index in [0.29, 0.717) is 52.6 Å². The molecule has 1 fully saturated rings. The van der Waals surface area contributed by atoms with Gasteiger partial charge in [-0.05, 0) is 37.3 Å². The molecule has 7 nitrogen and oxygen atoms in total. The second kappa shape index (κ2) is 8.28. The summed E-state index contributed by atoms with van der Waals surface area (Å²) >= 11 is 5.98. The number of rotatable bonds is 3. The van der Waals surface area contributed by atoms with Crippen LogP contribution in [0.15, 0.2) is 47.5 Å². The van der Waals surface area contributed by atoms with E-state index in [1.165, 1.54) is 10.6 Å². The Balaban J connectivity index is 1.67. The van der Waals surface area contributed by atoms with Crippen molar-refractivity contribution in [3.8, 4) is 11.1 Å². The summed E-state index contributed by atoms with van der Waals surface area (Å²) in [4.78, 5) is 20.0. The number of ether oxygens (including phenoxy) is 1. The third-order valence-corrected chi connectivity index (χ3v) is 6.37. The van der Waals surface area contributed by atoms with E-state index in [4.69, 9.17) is 16.3 Å². The zero-order chi connectivity index (χ0) is 23.3. The largest absolute Gasteiger partial charge is 0.370 e. The van der Waals surface area contributed by atoms with Gasteiger partial charge in [0.1, 0.15) is 17.7 Å². The lowest BCUT2D eigenvalue weighted by Gasteiger charge is -2.34. The van der Waals surface area contributed by atoms with Gasteiger partial charge in [-0.25, -0.2) is 9.37 Å². The van der Waals surface area contributed by atoms with Crippen LogP contribution in [0.5, 0.6) is 0 Å². The van der Waals surface area contributed by atoms with Crippen LogP contribution in [0.25, 0.3) is 22.0 Å². The van der Waals surface area contributed by atoms with E-state index < -0.39 is 5.82 Å². The molecule has 1 atom stereocenters. The molecule has 0 spiro atoms. The number of anilines is 1. The molecule has 4 aromatic rings. The van der Waals surface area contributed by atoms with E-state index in [-0.39, 0.29) is 11.7 Å². The van der Waals surface area contributed by atoms with E-state index in [0.717, 1.165) is 11.3 Å². The second-order valence-corrected chi connectivity index (χ2v) is 8.72. The molecule has 0 saturated carbocycles. The quantitative estimate of drug-likeness (QED) is 0.455. The van der Waals surface area contributed by atoms with Crippen LogP contribution < -0.4 is 10.5 Å². The maximum absolute atomic E-state index is 15.0. The molecule has 1 unspecified atom stereocenters. The van der Waals surface area contributed by atoms with Crippen molar-refractivity contribution in [2.75, 3.05) is 24.6 Å². The molecule has 0 radical (unpaired) electrons. The van der Waals surface area contributed by atoms with Crippen LogP contribution in [0.2, 0.25) is 5.02 Å². The zero-order valence-electron chi connectivity index (χ0n) is 18.5. The summed E-state index contributed by atoms with van der Waals surface area (Å²) in [5, 5.41) is 4.92. The van der Waals surface area contributed by atoms with Crippen molar-refractivity contribution < 1.29 is 9.13 Å². The number of fused-ring (bicyclic) bond motifs is 1. The predicted molar refractivity (Wildman–Crippen MR) is 126 cm³/mol. The Morgan fingerprint density at radius 3 is 2.73 bits per heavy atom. The predicted octanol–water partition coefficient (Wildman–Crippen LogP) is 4.01. The van der Waals surface area contributed by atoms with Gasteiger partial charge in [-0.15, -0.1) is 0 Å². The first-order valence-electron chi connectivity index (χ1n) is 10.6. The SMILES string of the molecule is Cc1nc2cc(N3CCOC(c4cnn(C)c4)C3)cc(-c3ccc(Cl)cc3F)c2c(=O)n1C. The van der Waals surface area contributed by atoms with Gasteiger partial charge in [0.15, 0.2) is 0 Å². The third kappa shape index (κ3) is 3.89. The maximum Gasteiger partial charge on any atom is 0.261 e. The normalized spacial score (nSPS) is 16.5. The topological polar surface area (TPSA) is 65.2 Å². The number of benzene rings is 2. The van der Waals surface area contributed by atoms with Crippen molar-refractivity contribution >= 4 is 28.2 Å². The molecule has 33 heavy (non-hydrogen) atoms. The minimum Gasteiger partial charge on any atom is -0.370 e. The van der Waals surface area contributed by atoms with E-state index >= 15 is 0 Å². The van der Waals surface area contributed by atoms with Gasteiger partial charge in [-0.1, -0.05) is 11.6 Å². The number of hydrogen-bond acceptors (Lipinski definition) is 5. The summed E-state index contributed by atoms with van der Waals surface area (Å²) < 4.78 is 24.2. The number of aromatic nitrogens is 4. The summed E-state index contributed by atoms with van der Waals surface area (Å²) in [6.45, 7) is 3.58. The minimum atomic E-state index is -0.487. The molecular weight excluding hydrogens is 445 g/mol. The Morgan fingerprint density at radius 1 is 1.18 bits per heavy atom. The molecule has 0 N–H and O–H groups in total. The smallest absolute Gasteiger partial charge is 0.261 e. The Morgan fingerprint density at radius 2 is 2.00 bits per heavy atom. The van der Waals surface area contributed by atoms with Gasteiger partial charge in [-0.3, -0.25) is 14.0 Å². The lowest BCUT2D eigenvalue weighted by atomic mass is 9.99. The van der Waals surface area contributed by atoms with E-state index in [2.05, 4.69) is 15.0 Å². The van der Waals surface area contributed by atoms with Gasteiger partial charge in [0, 0.05) is 60.8 Å². The van der Waals surface area contributed by atoms with Crippen molar-refractivity contribution in [1.82, 2.24) is 19.3 Å². The standard InChI is InChI=1S/C24H23ClFN5O2/c1-14-28-21-10-17(31-6-7-33-22(13-31)15-11-27-29(2)12-15)9-19(23(21)24(32)30(14)3)18-5-4-16(25)8-20(18)26/h4-5,8-12,22H,6-7,13H2,1-3H3. The average molecular weight is 468 g/mol. The molecule has 1 aliphatic rings. The highest BCUT2D eigenvalue weighted by Crippen LogP contribution is 2.35. The Hall–Kier alpha value is -3.23. The molecule has 1 aliphatic heterocycles. The van der Waals surface area contributed by atoms with Crippen molar-refractivity contribution in [1.29, 1.82) is 0 Å². The molecule has 0 bridgehead atoms. The zero-order valence-corrected chi connectivity index (χ0v) is 19.3. The summed E-state index contributed by atoms with van der Waals surface area (Å²) in [6.07, 6.45) is 3.60. The highest BCUT2D eigenvalue weighted by Gasteiger charge is 2.25. The number of halogens is 2. The Bertz CT molecular complexity index is 1430. The van der Waals surface area contributed by atoms with Gasteiger partial charge in [0.25, 0.3) is 5.56 Å². The molecule has 5 rings (SSSR count). The van der Waals surface area contributed by atoms with Crippen LogP contribution in [0.3, 0.4) is 0 Å². The first-order chi connectivity index (χ1) is 15.8. The van der Waals surface area contributed by atoms with Gasteiger partial charge in [0.2, 0.25) is 0 Å². The molecule has 1 saturated heterocycles. The number of hydrogen-bond donors (Lipinski definition) is 0. The van der Waals surface area contributed by atoms with Crippen molar-refractivity contribution in [2.24, 2.45) is 14.1 Å². The molecule has 9 heteroatoms. The number of morpholine rings is 1. The third-order valence-electron chi connectivity index (χ3n) is 6.14. The van der Waals surface area contributed by atoms with Crippen molar-refractivity contribution in [2.45, 2.75) is 13.0 Å². The Kier molecular flexibility index (Phi) is 5.42. The summed E-state index contributed by atoms with van der Waals surface area (Å²) in [5.41, 5.74) is 2.96. The monoisotopic (exact) mass is 467 g/mol. The fraction of sp³-hybridized carbons (Fsp3) is 0.292. The van der Waals surface area contributed by atoms with Gasteiger partial charge < -0.3 is 9.64 Å². The molecule has 170 valence electrons. The molecule has 0 amide bonds. The Labute approximate surface area is 195 Å². The molecular formula is C24H23ClFN5O2. The average Bonchev–Trinajstić information content (AvgIpc) is 3.23. The number of aryl methyl sites for hydroxylation is 2.